The Kier molecular flexibility index (Phi) is 3.37. The second-order valence-electron chi connectivity index (χ2n) is 4.37. The molecule has 4 nitrogen and oxygen atoms in total. The molecule has 4 heteroatoms. The van der Waals surface area contributed by atoms with Gasteiger partial charge in [-0.2, -0.15) is 4.98 Å². The molecule has 0 radical (unpaired) electrons. The van der Waals surface area contributed by atoms with Crippen LogP contribution >= 0.6 is 0 Å². The lowest BCUT2D eigenvalue weighted by molar-refractivity contribution is 0.306. The molecule has 0 unspecified atom stereocenters. The van der Waals surface area contributed by atoms with Gasteiger partial charge >= 0.3 is 0 Å². The van der Waals surface area contributed by atoms with Crippen molar-refractivity contribution in [3.05, 3.63) is 66.4 Å². The van der Waals surface area contributed by atoms with Gasteiger partial charge in [-0.25, -0.2) is 0 Å². The Balaban J connectivity index is 1.67. The summed E-state index contributed by atoms with van der Waals surface area (Å²) in [4.78, 5) is 4.07. The molecule has 0 saturated carbocycles. The zero-order chi connectivity index (χ0) is 13.8. The Bertz CT molecular complexity index is 675. The molecule has 0 saturated heterocycles. The molecular formula is C16H14N2O2. The van der Waals surface area contributed by atoms with Crippen molar-refractivity contribution in [1.29, 1.82) is 0 Å². The molecule has 3 aromatic rings. The molecule has 2 N–H and O–H groups in total. The predicted octanol–water partition coefficient (Wildman–Crippen LogP) is 3.50. The molecule has 1 heterocycles. The Hall–Kier alpha value is -2.75. The minimum atomic E-state index is 0.171. The minimum absolute atomic E-state index is 0.171. The molecule has 0 atom stereocenters. The van der Waals surface area contributed by atoms with Crippen LogP contribution in [-0.4, -0.2) is 4.98 Å². The lowest BCUT2D eigenvalue weighted by atomic mass is 10.2. The number of aromatic nitrogens is 1. The molecule has 3 rings (SSSR count). The Morgan fingerprint density at radius 3 is 2.40 bits per heavy atom. The topological polar surface area (TPSA) is 61.3 Å². The minimum Gasteiger partial charge on any atom is -0.489 e. The second-order valence-corrected chi connectivity index (χ2v) is 4.37. The molecule has 0 fully saturated rings. The van der Waals surface area contributed by atoms with Gasteiger partial charge in [0.2, 0.25) is 0 Å². The van der Waals surface area contributed by atoms with Gasteiger partial charge in [0, 0.05) is 5.56 Å². The summed E-state index contributed by atoms with van der Waals surface area (Å²) in [5.41, 5.74) is 8.26. The van der Waals surface area contributed by atoms with E-state index in [0.29, 0.717) is 6.61 Å². The van der Waals surface area contributed by atoms with E-state index in [1.165, 1.54) is 6.26 Å². The van der Waals surface area contributed by atoms with Gasteiger partial charge in [0.15, 0.2) is 0 Å². The second kappa shape index (κ2) is 5.48. The van der Waals surface area contributed by atoms with Gasteiger partial charge in [-0.05, 0) is 29.8 Å². The number of hydrogen-bond donors (Lipinski definition) is 1. The smallest absolute Gasteiger partial charge is 0.292 e. The van der Waals surface area contributed by atoms with E-state index in [0.717, 1.165) is 22.6 Å². The van der Waals surface area contributed by atoms with Crippen molar-refractivity contribution in [2.45, 2.75) is 6.61 Å². The maximum absolute atomic E-state index is 5.72. The van der Waals surface area contributed by atoms with Gasteiger partial charge in [0.25, 0.3) is 6.01 Å². The average molecular weight is 266 g/mol. The Labute approximate surface area is 116 Å². The van der Waals surface area contributed by atoms with Crippen molar-refractivity contribution in [2.75, 3.05) is 5.73 Å². The third-order valence-corrected chi connectivity index (χ3v) is 2.92. The number of nitrogen functional groups attached to an aromatic ring is 1. The van der Waals surface area contributed by atoms with E-state index in [9.17, 15) is 0 Å². The van der Waals surface area contributed by atoms with E-state index in [4.69, 9.17) is 14.9 Å². The van der Waals surface area contributed by atoms with Crippen molar-refractivity contribution in [3.63, 3.8) is 0 Å². The lowest BCUT2D eigenvalue weighted by Crippen LogP contribution is -1.94. The standard InChI is InChI=1S/C16H14N2O2/c17-16-18-15(11-20-16)13-6-8-14(9-7-13)19-10-12-4-2-1-3-5-12/h1-9,11H,10H2,(H2,17,18). The van der Waals surface area contributed by atoms with Gasteiger partial charge in [0.05, 0.1) is 0 Å². The summed E-state index contributed by atoms with van der Waals surface area (Å²) in [6.07, 6.45) is 1.54. The molecule has 0 bridgehead atoms. The molecule has 20 heavy (non-hydrogen) atoms. The molecule has 0 spiro atoms. The number of ether oxygens (including phenoxy) is 1. The van der Waals surface area contributed by atoms with Gasteiger partial charge in [0.1, 0.15) is 24.3 Å². The van der Waals surface area contributed by atoms with Gasteiger partial charge in [-0.3, -0.25) is 0 Å². The summed E-state index contributed by atoms with van der Waals surface area (Å²) in [6.45, 7) is 0.553. The van der Waals surface area contributed by atoms with Gasteiger partial charge in [-0.15, -0.1) is 0 Å². The SMILES string of the molecule is Nc1nc(-c2ccc(OCc3ccccc3)cc2)co1. The summed E-state index contributed by atoms with van der Waals surface area (Å²) < 4.78 is 10.7. The fraction of sp³-hybridized carbons (Fsp3) is 0.0625. The van der Waals surface area contributed by atoms with Crippen LogP contribution < -0.4 is 10.5 Å². The average Bonchev–Trinajstić information content (AvgIpc) is 2.93. The normalized spacial score (nSPS) is 10.4. The fourth-order valence-corrected chi connectivity index (χ4v) is 1.88. The number of anilines is 1. The van der Waals surface area contributed by atoms with Crippen LogP contribution in [0.3, 0.4) is 0 Å². The van der Waals surface area contributed by atoms with Crippen LogP contribution in [0.25, 0.3) is 11.3 Å². The van der Waals surface area contributed by atoms with Crippen molar-refractivity contribution in [1.82, 2.24) is 4.98 Å². The van der Waals surface area contributed by atoms with Crippen molar-refractivity contribution in [2.24, 2.45) is 0 Å². The monoisotopic (exact) mass is 266 g/mol. The van der Waals surface area contributed by atoms with Crippen molar-refractivity contribution in [3.8, 4) is 17.0 Å². The molecule has 2 aromatic carbocycles. The highest BCUT2D eigenvalue weighted by Gasteiger charge is 2.04. The summed E-state index contributed by atoms with van der Waals surface area (Å²) in [7, 11) is 0. The molecule has 0 aliphatic rings. The summed E-state index contributed by atoms with van der Waals surface area (Å²) in [6, 6.07) is 17.9. The number of rotatable bonds is 4. The zero-order valence-electron chi connectivity index (χ0n) is 10.8. The van der Waals surface area contributed by atoms with Crippen LogP contribution in [0, 0.1) is 0 Å². The third kappa shape index (κ3) is 2.80. The number of hydrogen-bond acceptors (Lipinski definition) is 4. The van der Waals surface area contributed by atoms with Crippen LogP contribution in [-0.2, 0) is 6.61 Å². The first-order valence-corrected chi connectivity index (χ1v) is 6.29. The van der Waals surface area contributed by atoms with Crippen molar-refractivity contribution >= 4 is 6.01 Å². The first-order valence-electron chi connectivity index (χ1n) is 6.29. The maximum Gasteiger partial charge on any atom is 0.292 e. The lowest BCUT2D eigenvalue weighted by Gasteiger charge is -2.06. The highest BCUT2D eigenvalue weighted by molar-refractivity contribution is 5.59. The molecule has 0 amide bonds. The van der Waals surface area contributed by atoms with E-state index >= 15 is 0 Å². The van der Waals surface area contributed by atoms with Crippen LogP contribution in [0.5, 0.6) is 5.75 Å². The largest absolute Gasteiger partial charge is 0.489 e. The first kappa shape index (κ1) is 12.3. The number of nitrogens with zero attached hydrogens (tertiary/aromatic N) is 1. The number of oxazole rings is 1. The van der Waals surface area contributed by atoms with Crippen LogP contribution in [0.15, 0.2) is 65.3 Å². The van der Waals surface area contributed by atoms with E-state index in [-0.39, 0.29) is 6.01 Å². The van der Waals surface area contributed by atoms with Gasteiger partial charge < -0.3 is 14.9 Å². The molecule has 1 aromatic heterocycles. The Morgan fingerprint density at radius 1 is 1.00 bits per heavy atom. The van der Waals surface area contributed by atoms with E-state index in [2.05, 4.69) is 4.98 Å². The van der Waals surface area contributed by atoms with Crippen LogP contribution in [0.4, 0.5) is 6.01 Å². The first-order chi connectivity index (χ1) is 9.81. The highest BCUT2D eigenvalue weighted by Crippen LogP contribution is 2.22. The summed E-state index contributed by atoms with van der Waals surface area (Å²) in [5, 5.41) is 0. The third-order valence-electron chi connectivity index (χ3n) is 2.92. The molecule has 0 aliphatic heterocycles. The van der Waals surface area contributed by atoms with Crippen molar-refractivity contribution < 1.29 is 9.15 Å². The number of nitrogens with two attached hydrogens (primary N) is 1. The predicted molar refractivity (Wildman–Crippen MR) is 77.1 cm³/mol. The quantitative estimate of drug-likeness (QED) is 0.785. The zero-order valence-corrected chi connectivity index (χ0v) is 10.8. The summed E-state index contributed by atoms with van der Waals surface area (Å²) >= 11 is 0. The van der Waals surface area contributed by atoms with E-state index in [1.54, 1.807) is 0 Å². The van der Waals surface area contributed by atoms with E-state index in [1.807, 2.05) is 54.6 Å². The maximum atomic E-state index is 5.72. The Morgan fingerprint density at radius 2 is 1.75 bits per heavy atom. The number of benzene rings is 2. The van der Waals surface area contributed by atoms with Crippen LogP contribution in [0.1, 0.15) is 5.56 Å². The van der Waals surface area contributed by atoms with Crippen LogP contribution in [0.2, 0.25) is 0 Å². The molecular weight excluding hydrogens is 252 g/mol. The summed E-state index contributed by atoms with van der Waals surface area (Å²) in [5.74, 6) is 0.814. The fourth-order valence-electron chi connectivity index (χ4n) is 1.88. The van der Waals surface area contributed by atoms with Gasteiger partial charge in [-0.1, -0.05) is 30.3 Å². The molecule has 100 valence electrons. The van der Waals surface area contributed by atoms with E-state index < -0.39 is 0 Å². The highest BCUT2D eigenvalue weighted by atomic mass is 16.5. The molecule has 0 aliphatic carbocycles.